The van der Waals surface area contributed by atoms with Crippen LogP contribution in [-0.4, -0.2) is 140 Å². The number of piperazine rings is 1. The van der Waals surface area contributed by atoms with Crippen molar-refractivity contribution in [2.45, 2.75) is 133 Å². The number of aromatic hydroxyl groups is 1. The van der Waals surface area contributed by atoms with E-state index in [2.05, 4.69) is 48.1 Å². The van der Waals surface area contributed by atoms with Gasteiger partial charge in [0.05, 0.1) is 40.2 Å². The molecule has 5 saturated heterocycles. The Morgan fingerprint density at radius 1 is 1.04 bits per heavy atom. The van der Waals surface area contributed by atoms with Crippen LogP contribution in [0.25, 0.3) is 43.4 Å². The molecule has 0 radical (unpaired) electrons. The number of hydrogen-bond acceptors (Lipinski definition) is 18. The number of likely N-dealkylation sites (tertiary alicyclic amines) is 1. The first-order valence-electron chi connectivity index (χ1n) is 28.7. The number of ether oxygens (including phenoxy) is 2. The number of phenolic OH excluding ortho intramolecular Hbond substituents is 1. The third kappa shape index (κ3) is 11.2. The third-order valence-corrected chi connectivity index (χ3v) is 18.4. The maximum atomic E-state index is 17.2. The van der Waals surface area contributed by atoms with Gasteiger partial charge < -0.3 is 45.1 Å². The largest absolute Gasteiger partial charge is 0.508 e. The molecule has 7 aromatic rings. The van der Waals surface area contributed by atoms with E-state index < -0.39 is 34.8 Å². The Hall–Kier alpha value is -6.68. The number of piperidine rings is 1. The number of benzene rings is 3. The number of thiazole rings is 1. The van der Waals surface area contributed by atoms with Gasteiger partial charge >= 0.3 is 6.01 Å². The van der Waals surface area contributed by atoms with Gasteiger partial charge in [0.2, 0.25) is 5.91 Å². The molecule has 6 N–H and O–H groups in total. The number of aliphatic hydroxyl groups excluding tert-OH is 1. The zero-order chi connectivity index (χ0) is 56.2. The van der Waals surface area contributed by atoms with E-state index in [-0.39, 0.29) is 60.3 Å². The second-order valence-corrected chi connectivity index (χ2v) is 24.7. The maximum absolute atomic E-state index is 17.2. The molecule has 81 heavy (non-hydrogen) atoms. The molecule has 2 bridgehead atoms. The first kappa shape index (κ1) is 54.9. The van der Waals surface area contributed by atoms with Gasteiger partial charge in [-0.2, -0.15) is 9.97 Å². The Balaban J connectivity index is 0.642. The van der Waals surface area contributed by atoms with E-state index in [1.165, 1.54) is 0 Å². The van der Waals surface area contributed by atoms with E-state index in [1.54, 1.807) is 35.7 Å². The fourth-order valence-electron chi connectivity index (χ4n) is 13.0. The molecule has 5 unspecified atom stereocenters. The number of Topliss-reactive ketones (excluding diaryl/α,β-unsaturated/α-hetero) is 1. The molecular formula is C61H72FN11O7S. The van der Waals surface area contributed by atoms with Crippen LogP contribution in [0.15, 0.2) is 76.9 Å². The Morgan fingerprint density at radius 2 is 1.84 bits per heavy atom. The molecule has 3 aromatic carbocycles. The van der Waals surface area contributed by atoms with Crippen LogP contribution in [0.4, 0.5) is 10.2 Å². The predicted octanol–water partition coefficient (Wildman–Crippen LogP) is 7.72. The quantitative estimate of drug-likeness (QED) is 0.0426. The summed E-state index contributed by atoms with van der Waals surface area (Å²) < 4.78 is 35.6. The molecule has 5 aliphatic rings. The summed E-state index contributed by atoms with van der Waals surface area (Å²) in [6, 6.07) is 19.5. The van der Waals surface area contributed by atoms with Crippen molar-refractivity contribution < 1.29 is 38.2 Å². The highest BCUT2D eigenvalue weighted by molar-refractivity contribution is 7.13. The maximum Gasteiger partial charge on any atom is 0.319 e. The fraction of sp³-hybridized carbons (Fsp3) is 0.492. The number of amides is 1. The Bertz CT molecular complexity index is 3450. The number of anilines is 1. The van der Waals surface area contributed by atoms with Gasteiger partial charge in [-0.15, -0.1) is 11.3 Å². The van der Waals surface area contributed by atoms with Crippen LogP contribution in [-0.2, 0) is 21.4 Å². The molecule has 5 aliphatic heterocycles. The van der Waals surface area contributed by atoms with Crippen molar-refractivity contribution in [1.29, 1.82) is 0 Å². The van der Waals surface area contributed by atoms with E-state index in [1.807, 2.05) is 75.7 Å². The topological polar surface area (TPSA) is 225 Å². The smallest absolute Gasteiger partial charge is 0.319 e. The van der Waals surface area contributed by atoms with E-state index in [9.17, 15) is 19.8 Å². The number of halogens is 1. The van der Waals surface area contributed by atoms with Crippen molar-refractivity contribution in [2.24, 2.45) is 5.92 Å². The van der Waals surface area contributed by atoms with Crippen molar-refractivity contribution in [1.82, 2.24) is 51.3 Å². The van der Waals surface area contributed by atoms with Crippen LogP contribution in [0.5, 0.6) is 17.6 Å². The van der Waals surface area contributed by atoms with E-state index in [0.29, 0.717) is 53.0 Å². The van der Waals surface area contributed by atoms with Crippen molar-refractivity contribution >= 4 is 50.5 Å². The van der Waals surface area contributed by atoms with Crippen molar-refractivity contribution in [3.05, 3.63) is 101 Å². The van der Waals surface area contributed by atoms with Crippen molar-refractivity contribution in [2.75, 3.05) is 57.3 Å². The minimum atomic E-state index is -1.61. The summed E-state index contributed by atoms with van der Waals surface area (Å²) >= 11 is 1.58. The lowest BCUT2D eigenvalue weighted by molar-refractivity contribution is -0.138. The van der Waals surface area contributed by atoms with Gasteiger partial charge in [0.1, 0.15) is 34.6 Å². The van der Waals surface area contributed by atoms with Crippen molar-refractivity contribution in [3.63, 3.8) is 0 Å². The van der Waals surface area contributed by atoms with Crippen molar-refractivity contribution in [3.8, 4) is 39.3 Å². The van der Waals surface area contributed by atoms with Crippen LogP contribution in [0.1, 0.15) is 101 Å². The number of hydrogen-bond donors (Lipinski definition) is 6. The second kappa shape index (κ2) is 22.6. The third-order valence-electron chi connectivity index (χ3n) is 17.4. The first-order chi connectivity index (χ1) is 39.1. The summed E-state index contributed by atoms with van der Waals surface area (Å²) in [6.07, 6.45) is 6.30. The number of fused-ring (bicyclic) bond motifs is 4. The number of phenols is 1. The summed E-state index contributed by atoms with van der Waals surface area (Å²) in [6.45, 7) is 15.0. The van der Waals surface area contributed by atoms with Gasteiger partial charge in [0, 0.05) is 93.5 Å². The SMILES string of the molecule is CCc1cccc2cc(O)cc(-c3ncc4c(N5CC6CCC(C5)N6)nc(OCCC5CC(CN6CC(Oc7cc(C(C)(C)CC(=O)[C@]8(C(=O)N[C@@H](C)c9ccc(-c%10scnc%10C)cc9)CC(O)CN8)on7)C6)CCN5)nc4c3F)c12. The molecule has 12 rings (SSSR count). The molecule has 0 aliphatic carbocycles. The number of pyridine rings is 1. The molecule has 1 amide bonds. The highest BCUT2D eigenvalue weighted by Crippen LogP contribution is 2.40. The Labute approximate surface area is 474 Å². The van der Waals surface area contributed by atoms with E-state index >= 15 is 4.39 Å². The van der Waals surface area contributed by atoms with Gasteiger partial charge in [-0.05, 0) is 110 Å². The number of nitrogens with zero attached hydrogens (tertiary/aromatic N) is 7. The number of aromatic nitrogens is 5. The summed E-state index contributed by atoms with van der Waals surface area (Å²) in [4.78, 5) is 52.9. The fourth-order valence-corrected chi connectivity index (χ4v) is 13.8. The van der Waals surface area contributed by atoms with Crippen LogP contribution in [0.3, 0.4) is 0 Å². The first-order valence-corrected chi connectivity index (χ1v) is 29.6. The molecule has 20 heteroatoms. The minimum Gasteiger partial charge on any atom is -0.508 e. The predicted molar refractivity (Wildman–Crippen MR) is 308 cm³/mol. The summed E-state index contributed by atoms with van der Waals surface area (Å²) in [5.74, 6) is 0.553. The van der Waals surface area contributed by atoms with Gasteiger partial charge in [-0.3, -0.25) is 24.8 Å². The standard InChI is InChI=1S/C61H72FN11O7S/c1-6-37-8-7-9-40-21-44(74)22-47(52(37)40)54-53(62)55-48(27-64-54)57(73-29-42-14-15-43(30-73)68-42)70-59(69-55)78-19-17-41-20-36(16-18-63-41)28-72-31-46(32-72)79-51-23-50(80-71-51)60(4,5)25-49(76)61(24-45(75)26-66-61)58(77)67-34(2)38-10-12-39(13-11-38)56-35(3)65-33-81-56/h7-13,21-23,27,33-34,36,41-43,45-46,63,66,68,74-75H,6,14-20,24-26,28-32H2,1-5H3,(H,67,77)/t34-,36?,41?,42?,43?,45?,61-/m0/s1. The lowest BCUT2D eigenvalue weighted by atomic mass is 9.77. The van der Waals surface area contributed by atoms with Gasteiger partial charge in [0.15, 0.2) is 17.1 Å². The summed E-state index contributed by atoms with van der Waals surface area (Å²) in [5.41, 5.74) is 4.10. The van der Waals surface area contributed by atoms with Crippen LogP contribution in [0.2, 0.25) is 0 Å². The Morgan fingerprint density at radius 3 is 2.58 bits per heavy atom. The number of nitrogens with one attached hydrogen (secondary N) is 4. The lowest BCUT2D eigenvalue weighted by Crippen LogP contribution is -2.60. The molecular weight excluding hydrogens is 1050 g/mol. The number of carbonyl (C=O) groups excluding carboxylic acids is 2. The zero-order valence-corrected chi connectivity index (χ0v) is 47.5. The monoisotopic (exact) mass is 1120 g/mol. The molecule has 5 fully saturated rings. The average Bonchev–Trinajstić information content (AvgIpc) is 4.40. The summed E-state index contributed by atoms with van der Waals surface area (Å²) in [5, 5.41) is 41.4. The van der Waals surface area contributed by atoms with E-state index in [4.69, 9.17) is 28.9 Å². The van der Waals surface area contributed by atoms with Gasteiger partial charge in [0.25, 0.3) is 5.88 Å². The van der Waals surface area contributed by atoms with Crippen LogP contribution >= 0.6 is 11.3 Å². The highest BCUT2D eigenvalue weighted by atomic mass is 32.1. The minimum absolute atomic E-state index is 0.0366. The number of β-amino-alcohol motifs (C(OH)–C–C–N with tert-alkyl or cyclic N) is 1. The van der Waals surface area contributed by atoms with Gasteiger partial charge in [-0.25, -0.2) is 9.37 Å². The number of ketones is 1. The molecule has 4 aromatic heterocycles. The molecule has 0 saturated carbocycles. The highest BCUT2D eigenvalue weighted by Gasteiger charge is 2.52. The average molecular weight is 1120 g/mol. The zero-order valence-electron chi connectivity index (χ0n) is 46.6. The van der Waals surface area contributed by atoms with Gasteiger partial charge in [-0.1, -0.05) is 63.2 Å². The lowest BCUT2D eigenvalue weighted by Gasteiger charge is -2.42. The number of rotatable bonds is 19. The van der Waals surface area contributed by atoms with E-state index in [0.717, 1.165) is 116 Å². The molecule has 0 spiro atoms. The molecule has 426 valence electrons. The summed E-state index contributed by atoms with van der Waals surface area (Å²) in [7, 11) is 0. The van der Waals surface area contributed by atoms with Crippen LogP contribution in [0, 0.1) is 18.7 Å². The molecule has 9 heterocycles. The number of carbonyl (C=O) groups is 2. The molecule has 7 atom stereocenters. The normalized spacial score (nSPS) is 23.7. The Kier molecular flexibility index (Phi) is 15.3. The van der Waals surface area contributed by atoms with Crippen LogP contribution < -0.4 is 35.6 Å². The molecule has 18 nitrogen and oxygen atoms in total. The second-order valence-electron chi connectivity index (χ2n) is 23.8. The number of aryl methyl sites for hydroxylation is 2. The number of aliphatic hydroxyl groups is 1.